The van der Waals surface area contributed by atoms with E-state index in [1.54, 1.807) is 18.2 Å². The van der Waals surface area contributed by atoms with Gasteiger partial charge < -0.3 is 16.5 Å². The van der Waals surface area contributed by atoms with E-state index in [2.05, 4.69) is 24.9 Å². The minimum absolute atomic E-state index is 0.0816. The number of nitrogens with two attached hydrogens (primary N) is 2. The van der Waals surface area contributed by atoms with Crippen LogP contribution in [0.3, 0.4) is 0 Å². The first-order chi connectivity index (χ1) is 11.0. The highest BCUT2D eigenvalue weighted by Crippen LogP contribution is 2.08. The van der Waals surface area contributed by atoms with E-state index in [0.29, 0.717) is 35.6 Å². The standard InChI is InChI=1S/C14H16N8O/c1-22(7-11-19-13(15)21-14(16)20-11)6-10-17-9-5-3-2-4-8(9)12(23)18-10/h2-5H,6-7H2,1H3,(H,17,18,23)(H4,15,16,19,20,21). The molecule has 3 aromatic rings. The number of nitrogens with one attached hydrogen (secondary N) is 1. The van der Waals surface area contributed by atoms with Crippen molar-refractivity contribution < 1.29 is 0 Å². The molecule has 2 heterocycles. The topological polar surface area (TPSA) is 140 Å². The molecule has 0 aliphatic heterocycles. The number of benzene rings is 1. The molecule has 3 rings (SSSR count). The van der Waals surface area contributed by atoms with E-state index in [1.165, 1.54) is 0 Å². The van der Waals surface area contributed by atoms with E-state index in [1.807, 2.05) is 18.0 Å². The van der Waals surface area contributed by atoms with Crippen molar-refractivity contribution in [2.75, 3.05) is 18.5 Å². The van der Waals surface area contributed by atoms with Crippen molar-refractivity contribution in [1.29, 1.82) is 0 Å². The van der Waals surface area contributed by atoms with Crippen LogP contribution in [-0.4, -0.2) is 36.9 Å². The van der Waals surface area contributed by atoms with Crippen LogP contribution >= 0.6 is 0 Å². The summed E-state index contributed by atoms with van der Waals surface area (Å²) in [4.78, 5) is 32.9. The predicted molar refractivity (Wildman–Crippen MR) is 86.2 cm³/mol. The molecular weight excluding hydrogens is 296 g/mol. The maximum atomic E-state index is 12.0. The number of fused-ring (bicyclic) bond motifs is 1. The highest BCUT2D eigenvalue weighted by molar-refractivity contribution is 5.77. The van der Waals surface area contributed by atoms with Crippen LogP contribution in [0.2, 0.25) is 0 Å². The van der Waals surface area contributed by atoms with Crippen molar-refractivity contribution in [2.24, 2.45) is 0 Å². The molecule has 0 atom stereocenters. The molecule has 1 aromatic carbocycles. The molecule has 9 heteroatoms. The van der Waals surface area contributed by atoms with Gasteiger partial charge in [0.1, 0.15) is 11.6 Å². The van der Waals surface area contributed by atoms with Gasteiger partial charge >= 0.3 is 0 Å². The van der Waals surface area contributed by atoms with Gasteiger partial charge in [0.15, 0.2) is 0 Å². The minimum atomic E-state index is -0.160. The van der Waals surface area contributed by atoms with Gasteiger partial charge in [-0.3, -0.25) is 9.69 Å². The van der Waals surface area contributed by atoms with Crippen molar-refractivity contribution in [2.45, 2.75) is 13.1 Å². The van der Waals surface area contributed by atoms with Crippen LogP contribution in [0.1, 0.15) is 11.6 Å². The van der Waals surface area contributed by atoms with Gasteiger partial charge in [0.2, 0.25) is 11.9 Å². The fraction of sp³-hybridized carbons (Fsp3) is 0.214. The number of para-hydroxylation sites is 1. The Morgan fingerprint density at radius 3 is 2.48 bits per heavy atom. The van der Waals surface area contributed by atoms with E-state index < -0.39 is 0 Å². The molecule has 0 fully saturated rings. The molecule has 0 aliphatic rings. The molecule has 5 N–H and O–H groups in total. The number of hydrogen-bond donors (Lipinski definition) is 3. The number of nitrogens with zero attached hydrogens (tertiary/aromatic N) is 5. The fourth-order valence-electron chi connectivity index (χ4n) is 2.29. The lowest BCUT2D eigenvalue weighted by Crippen LogP contribution is -2.23. The van der Waals surface area contributed by atoms with Gasteiger partial charge in [-0.2, -0.15) is 15.0 Å². The van der Waals surface area contributed by atoms with Gasteiger partial charge in [-0.15, -0.1) is 0 Å². The maximum absolute atomic E-state index is 12.0. The summed E-state index contributed by atoms with van der Waals surface area (Å²) >= 11 is 0. The smallest absolute Gasteiger partial charge is 0.258 e. The Labute approximate surface area is 131 Å². The lowest BCUT2D eigenvalue weighted by molar-refractivity contribution is 0.302. The zero-order chi connectivity index (χ0) is 16.4. The number of hydrogen-bond acceptors (Lipinski definition) is 8. The van der Waals surface area contributed by atoms with Crippen LogP contribution in [-0.2, 0) is 13.1 Å². The number of aromatic amines is 1. The zero-order valence-corrected chi connectivity index (χ0v) is 12.5. The summed E-state index contributed by atoms with van der Waals surface area (Å²) in [6.45, 7) is 0.818. The second-order valence-corrected chi connectivity index (χ2v) is 5.17. The lowest BCUT2D eigenvalue weighted by Gasteiger charge is -2.15. The summed E-state index contributed by atoms with van der Waals surface area (Å²) in [5.41, 5.74) is 11.6. The molecular formula is C14H16N8O. The summed E-state index contributed by atoms with van der Waals surface area (Å²) in [5.74, 6) is 1.18. The number of aromatic nitrogens is 5. The Kier molecular flexibility index (Phi) is 3.85. The van der Waals surface area contributed by atoms with Gasteiger partial charge in [0, 0.05) is 0 Å². The lowest BCUT2D eigenvalue weighted by atomic mass is 10.2. The number of rotatable bonds is 4. The average Bonchev–Trinajstić information content (AvgIpc) is 2.46. The predicted octanol–water partition coefficient (Wildman–Crippen LogP) is -0.0955. The molecule has 0 radical (unpaired) electrons. The third-order valence-electron chi connectivity index (χ3n) is 3.21. The largest absolute Gasteiger partial charge is 0.368 e. The SMILES string of the molecule is CN(Cc1nc(N)nc(N)n1)Cc1nc2ccccc2c(=O)[nH]1. The number of nitrogen functional groups attached to an aromatic ring is 2. The van der Waals surface area contributed by atoms with Crippen LogP contribution in [0.4, 0.5) is 11.9 Å². The number of anilines is 2. The fourth-order valence-corrected chi connectivity index (χ4v) is 2.29. The quantitative estimate of drug-likeness (QED) is 0.607. The molecule has 0 amide bonds. The first-order valence-corrected chi connectivity index (χ1v) is 6.93. The summed E-state index contributed by atoms with van der Waals surface area (Å²) in [7, 11) is 1.85. The third-order valence-corrected chi connectivity index (χ3v) is 3.21. The summed E-state index contributed by atoms with van der Waals surface area (Å²) in [5, 5.41) is 0.567. The maximum Gasteiger partial charge on any atom is 0.258 e. The molecule has 0 aliphatic carbocycles. The van der Waals surface area contributed by atoms with E-state index in [9.17, 15) is 4.79 Å². The Hall–Kier alpha value is -3.07. The first kappa shape index (κ1) is 14.9. The van der Waals surface area contributed by atoms with Crippen LogP contribution < -0.4 is 17.0 Å². The molecule has 9 nitrogen and oxygen atoms in total. The van der Waals surface area contributed by atoms with E-state index in [4.69, 9.17) is 11.5 Å². The Morgan fingerprint density at radius 1 is 1.04 bits per heavy atom. The van der Waals surface area contributed by atoms with E-state index in [0.717, 1.165) is 0 Å². The molecule has 2 aromatic heterocycles. The van der Waals surface area contributed by atoms with Crippen LogP contribution in [0, 0.1) is 0 Å². The van der Waals surface area contributed by atoms with Crippen molar-refractivity contribution in [1.82, 2.24) is 29.8 Å². The van der Waals surface area contributed by atoms with Crippen molar-refractivity contribution in [3.8, 4) is 0 Å². The summed E-state index contributed by atoms with van der Waals surface area (Å²) < 4.78 is 0. The minimum Gasteiger partial charge on any atom is -0.368 e. The Bertz CT molecular complexity index is 886. The van der Waals surface area contributed by atoms with Crippen LogP contribution in [0.5, 0.6) is 0 Å². The van der Waals surface area contributed by atoms with Gasteiger partial charge in [0.25, 0.3) is 5.56 Å². The highest BCUT2D eigenvalue weighted by atomic mass is 16.1. The second-order valence-electron chi connectivity index (χ2n) is 5.17. The first-order valence-electron chi connectivity index (χ1n) is 6.93. The van der Waals surface area contributed by atoms with Gasteiger partial charge in [-0.1, -0.05) is 12.1 Å². The van der Waals surface area contributed by atoms with E-state index in [-0.39, 0.29) is 17.5 Å². The van der Waals surface area contributed by atoms with Gasteiger partial charge in [-0.25, -0.2) is 4.98 Å². The van der Waals surface area contributed by atoms with Crippen LogP contribution in [0.15, 0.2) is 29.1 Å². The molecule has 0 bridgehead atoms. The van der Waals surface area contributed by atoms with Gasteiger partial charge in [0.05, 0.1) is 24.0 Å². The average molecular weight is 312 g/mol. The third kappa shape index (κ3) is 3.40. The molecule has 118 valence electrons. The van der Waals surface area contributed by atoms with Crippen molar-refractivity contribution >= 4 is 22.8 Å². The second kappa shape index (κ2) is 5.97. The van der Waals surface area contributed by atoms with Crippen molar-refractivity contribution in [3.63, 3.8) is 0 Å². The van der Waals surface area contributed by atoms with Crippen LogP contribution in [0.25, 0.3) is 10.9 Å². The molecule has 0 spiro atoms. The Balaban J connectivity index is 1.80. The molecule has 23 heavy (non-hydrogen) atoms. The molecule has 0 saturated heterocycles. The highest BCUT2D eigenvalue weighted by Gasteiger charge is 2.09. The van der Waals surface area contributed by atoms with Crippen molar-refractivity contribution in [3.05, 3.63) is 46.3 Å². The van der Waals surface area contributed by atoms with E-state index >= 15 is 0 Å². The zero-order valence-electron chi connectivity index (χ0n) is 12.5. The normalized spacial score (nSPS) is 11.2. The van der Waals surface area contributed by atoms with Gasteiger partial charge in [-0.05, 0) is 19.2 Å². The monoisotopic (exact) mass is 312 g/mol. The molecule has 0 saturated carbocycles. The molecule has 0 unspecified atom stereocenters. The Morgan fingerprint density at radius 2 is 1.74 bits per heavy atom. The summed E-state index contributed by atoms with van der Waals surface area (Å²) in [6, 6.07) is 7.20. The summed E-state index contributed by atoms with van der Waals surface area (Å²) in [6.07, 6.45) is 0. The number of H-pyrrole nitrogens is 1.